The number of nitriles is 1. The van der Waals surface area contributed by atoms with Crippen molar-refractivity contribution < 1.29 is 4.79 Å². The summed E-state index contributed by atoms with van der Waals surface area (Å²) in [6.07, 6.45) is 1.23. The van der Waals surface area contributed by atoms with Gasteiger partial charge in [-0.1, -0.05) is 6.07 Å². The van der Waals surface area contributed by atoms with Gasteiger partial charge in [0.25, 0.3) is 5.56 Å². The molecule has 0 amide bonds. The van der Waals surface area contributed by atoms with E-state index in [-0.39, 0.29) is 11.3 Å². The fourth-order valence-electron chi connectivity index (χ4n) is 3.63. The molecule has 3 aromatic rings. The van der Waals surface area contributed by atoms with Crippen molar-refractivity contribution in [3.63, 3.8) is 0 Å². The Morgan fingerprint density at radius 3 is 2.37 bits per heavy atom. The highest BCUT2D eigenvalue weighted by Gasteiger charge is 2.20. The van der Waals surface area contributed by atoms with Crippen LogP contribution in [-0.2, 0) is 13.1 Å². The highest BCUT2D eigenvalue weighted by molar-refractivity contribution is 5.97. The van der Waals surface area contributed by atoms with Gasteiger partial charge in [0.05, 0.1) is 6.54 Å². The van der Waals surface area contributed by atoms with Crippen LogP contribution >= 0.6 is 0 Å². The maximum Gasteiger partial charge on any atom is 0.331 e. The minimum atomic E-state index is -0.747. The standard InChI is InChI=1S/C23H24N4O3/c1-6-25-12-18(11-24)22(29)26(23(25)30)13-21(28)20-10-16(4)27(17(20)5)19-8-7-14(2)15(3)9-19/h7-10,12H,6,13H2,1-5H3. The Hall–Kier alpha value is -3.66. The highest BCUT2D eigenvalue weighted by Crippen LogP contribution is 2.23. The van der Waals surface area contributed by atoms with Crippen LogP contribution in [-0.4, -0.2) is 19.5 Å². The monoisotopic (exact) mass is 404 g/mol. The van der Waals surface area contributed by atoms with Crippen LogP contribution in [0.3, 0.4) is 0 Å². The first-order valence-corrected chi connectivity index (χ1v) is 9.73. The van der Waals surface area contributed by atoms with Crippen molar-refractivity contribution in [2.45, 2.75) is 47.7 Å². The second-order valence-corrected chi connectivity index (χ2v) is 7.43. The van der Waals surface area contributed by atoms with Gasteiger partial charge in [0.1, 0.15) is 11.6 Å². The zero-order valence-electron chi connectivity index (χ0n) is 17.8. The number of carbonyl (C=O) groups excluding carboxylic acids is 1. The SMILES string of the molecule is CCn1cc(C#N)c(=O)n(CC(=O)c2cc(C)n(-c3ccc(C)c(C)c3)c2C)c1=O. The molecular weight excluding hydrogens is 380 g/mol. The Morgan fingerprint density at radius 1 is 1.07 bits per heavy atom. The van der Waals surface area contributed by atoms with E-state index in [1.807, 2.05) is 44.4 Å². The van der Waals surface area contributed by atoms with E-state index in [0.717, 1.165) is 27.2 Å². The molecule has 2 aromatic heterocycles. The van der Waals surface area contributed by atoms with Crippen molar-refractivity contribution in [2.75, 3.05) is 0 Å². The number of carbonyl (C=O) groups is 1. The fourth-order valence-corrected chi connectivity index (χ4v) is 3.63. The Bertz CT molecular complexity index is 1320. The molecule has 0 radical (unpaired) electrons. The summed E-state index contributed by atoms with van der Waals surface area (Å²) in [5.41, 5.74) is 3.83. The molecule has 0 aliphatic rings. The molecule has 0 unspecified atom stereocenters. The smallest absolute Gasteiger partial charge is 0.318 e. The van der Waals surface area contributed by atoms with Gasteiger partial charge in [0.15, 0.2) is 5.78 Å². The number of hydrogen-bond acceptors (Lipinski definition) is 4. The van der Waals surface area contributed by atoms with E-state index in [9.17, 15) is 19.6 Å². The molecule has 0 atom stereocenters. The summed E-state index contributed by atoms with van der Waals surface area (Å²) >= 11 is 0. The third-order valence-corrected chi connectivity index (χ3v) is 5.48. The van der Waals surface area contributed by atoms with Crippen molar-refractivity contribution in [1.82, 2.24) is 13.7 Å². The van der Waals surface area contributed by atoms with E-state index in [1.165, 1.54) is 16.3 Å². The average Bonchev–Trinajstić information content (AvgIpc) is 3.01. The second-order valence-electron chi connectivity index (χ2n) is 7.43. The number of ketones is 1. The van der Waals surface area contributed by atoms with Crippen molar-refractivity contribution in [2.24, 2.45) is 0 Å². The lowest BCUT2D eigenvalue weighted by Gasteiger charge is -2.12. The van der Waals surface area contributed by atoms with Gasteiger partial charge >= 0.3 is 5.69 Å². The number of aromatic nitrogens is 3. The number of aryl methyl sites for hydroxylation is 4. The minimum absolute atomic E-state index is 0.162. The molecule has 7 nitrogen and oxygen atoms in total. The number of rotatable bonds is 5. The lowest BCUT2D eigenvalue weighted by molar-refractivity contribution is 0.0968. The molecule has 2 heterocycles. The van der Waals surface area contributed by atoms with Crippen molar-refractivity contribution in [1.29, 1.82) is 5.26 Å². The Morgan fingerprint density at radius 2 is 1.77 bits per heavy atom. The molecule has 0 N–H and O–H groups in total. The van der Waals surface area contributed by atoms with Crippen LogP contribution in [0.5, 0.6) is 0 Å². The lowest BCUT2D eigenvalue weighted by Crippen LogP contribution is -2.42. The molecule has 0 saturated carbocycles. The zero-order chi connectivity index (χ0) is 22.2. The predicted molar refractivity (Wildman–Crippen MR) is 114 cm³/mol. The maximum absolute atomic E-state index is 13.1. The van der Waals surface area contributed by atoms with Crippen LogP contribution in [0, 0.1) is 39.0 Å². The molecule has 154 valence electrons. The number of Topliss-reactive ketones (excluding diaryl/α,β-unsaturated/α-hetero) is 1. The van der Waals surface area contributed by atoms with E-state index in [1.54, 1.807) is 19.1 Å². The summed E-state index contributed by atoms with van der Waals surface area (Å²) < 4.78 is 4.08. The van der Waals surface area contributed by atoms with Crippen LogP contribution in [0.4, 0.5) is 0 Å². The molecule has 7 heteroatoms. The average molecular weight is 404 g/mol. The van der Waals surface area contributed by atoms with Crippen molar-refractivity contribution >= 4 is 5.78 Å². The quantitative estimate of drug-likeness (QED) is 0.612. The molecule has 30 heavy (non-hydrogen) atoms. The number of hydrogen-bond donors (Lipinski definition) is 0. The maximum atomic E-state index is 13.1. The summed E-state index contributed by atoms with van der Waals surface area (Å²) in [6.45, 7) is 9.44. The summed E-state index contributed by atoms with van der Waals surface area (Å²) in [5, 5.41) is 9.19. The summed E-state index contributed by atoms with van der Waals surface area (Å²) in [7, 11) is 0. The van der Waals surface area contributed by atoms with Crippen LogP contribution in [0.15, 0.2) is 40.1 Å². The molecule has 0 fully saturated rings. The van der Waals surface area contributed by atoms with Gasteiger partial charge in [0.2, 0.25) is 0 Å². The van der Waals surface area contributed by atoms with E-state index < -0.39 is 17.8 Å². The molecule has 0 spiro atoms. The number of benzene rings is 1. The topological polar surface area (TPSA) is 89.8 Å². The molecule has 0 saturated heterocycles. The minimum Gasteiger partial charge on any atom is -0.318 e. The first-order valence-electron chi connectivity index (χ1n) is 9.73. The summed E-state index contributed by atoms with van der Waals surface area (Å²) in [5.74, 6) is -0.352. The van der Waals surface area contributed by atoms with Gasteiger partial charge in [0, 0.05) is 35.4 Å². The molecular formula is C23H24N4O3. The largest absolute Gasteiger partial charge is 0.331 e. The van der Waals surface area contributed by atoms with Gasteiger partial charge in [-0.15, -0.1) is 0 Å². The lowest BCUT2D eigenvalue weighted by atomic mass is 10.1. The molecule has 3 rings (SSSR count). The van der Waals surface area contributed by atoms with Gasteiger partial charge in [-0.05, 0) is 63.9 Å². The van der Waals surface area contributed by atoms with Crippen molar-refractivity contribution in [3.05, 3.63) is 84.9 Å². The van der Waals surface area contributed by atoms with E-state index in [0.29, 0.717) is 12.1 Å². The van der Waals surface area contributed by atoms with E-state index in [2.05, 4.69) is 6.07 Å². The van der Waals surface area contributed by atoms with E-state index >= 15 is 0 Å². The first-order chi connectivity index (χ1) is 14.2. The van der Waals surface area contributed by atoms with Gasteiger partial charge < -0.3 is 4.57 Å². The fraction of sp³-hybridized carbons (Fsp3) is 0.304. The van der Waals surface area contributed by atoms with E-state index in [4.69, 9.17) is 0 Å². The first kappa shape index (κ1) is 21.1. The second kappa shape index (κ2) is 7.99. The van der Waals surface area contributed by atoms with Crippen LogP contribution in [0.25, 0.3) is 5.69 Å². The molecule has 1 aromatic carbocycles. The predicted octanol–water partition coefficient (Wildman–Crippen LogP) is 2.81. The summed E-state index contributed by atoms with van der Waals surface area (Å²) in [4.78, 5) is 38.1. The Labute approximate surface area is 174 Å². The van der Waals surface area contributed by atoms with Gasteiger partial charge in [-0.2, -0.15) is 5.26 Å². The third-order valence-electron chi connectivity index (χ3n) is 5.48. The molecule has 0 bridgehead atoms. The van der Waals surface area contributed by atoms with Crippen LogP contribution < -0.4 is 11.2 Å². The number of nitrogens with zero attached hydrogens (tertiary/aromatic N) is 4. The van der Waals surface area contributed by atoms with Gasteiger partial charge in [-0.25, -0.2) is 4.79 Å². The Kier molecular flexibility index (Phi) is 5.61. The highest BCUT2D eigenvalue weighted by atomic mass is 16.2. The summed E-state index contributed by atoms with van der Waals surface area (Å²) in [6, 6.07) is 9.66. The Balaban J connectivity index is 2.06. The molecule has 0 aliphatic carbocycles. The normalized spacial score (nSPS) is 10.8. The van der Waals surface area contributed by atoms with Crippen molar-refractivity contribution in [3.8, 4) is 11.8 Å². The van der Waals surface area contributed by atoms with Gasteiger partial charge in [-0.3, -0.25) is 18.7 Å². The third kappa shape index (κ3) is 3.52. The van der Waals surface area contributed by atoms with Crippen LogP contribution in [0.1, 0.15) is 45.4 Å². The molecule has 0 aliphatic heterocycles. The zero-order valence-corrected chi connectivity index (χ0v) is 17.8. The van der Waals surface area contributed by atoms with Crippen LogP contribution in [0.2, 0.25) is 0 Å².